The SMILES string of the molecule is CCc1noc(CC)c1CNC(=NC)NCCc1ccc2ccccc2c1.I. The molecule has 3 aromatic rings. The van der Waals surface area contributed by atoms with Crippen molar-refractivity contribution in [1.29, 1.82) is 0 Å². The zero-order chi connectivity index (χ0) is 19.1. The normalized spacial score (nSPS) is 11.3. The van der Waals surface area contributed by atoms with Crippen LogP contribution in [0.4, 0.5) is 0 Å². The molecule has 28 heavy (non-hydrogen) atoms. The summed E-state index contributed by atoms with van der Waals surface area (Å²) in [4.78, 5) is 4.32. The molecule has 0 radical (unpaired) electrons. The molecule has 0 fully saturated rings. The fraction of sp³-hybridized carbons (Fsp3) is 0.364. The fourth-order valence-electron chi connectivity index (χ4n) is 3.25. The Morgan fingerprint density at radius 2 is 1.82 bits per heavy atom. The topological polar surface area (TPSA) is 62.5 Å². The lowest BCUT2D eigenvalue weighted by Crippen LogP contribution is -2.38. The second kappa shape index (κ2) is 11.0. The highest BCUT2D eigenvalue weighted by molar-refractivity contribution is 14.0. The van der Waals surface area contributed by atoms with Gasteiger partial charge in [0.05, 0.1) is 5.69 Å². The summed E-state index contributed by atoms with van der Waals surface area (Å²) < 4.78 is 5.43. The Labute approximate surface area is 184 Å². The monoisotopic (exact) mass is 492 g/mol. The lowest BCUT2D eigenvalue weighted by molar-refractivity contribution is 0.380. The molecule has 0 atom stereocenters. The lowest BCUT2D eigenvalue weighted by atomic mass is 10.1. The van der Waals surface area contributed by atoms with Gasteiger partial charge in [0.15, 0.2) is 5.96 Å². The van der Waals surface area contributed by atoms with E-state index in [9.17, 15) is 0 Å². The van der Waals surface area contributed by atoms with E-state index in [0.717, 1.165) is 48.8 Å². The Kier molecular flexibility index (Phi) is 8.76. The third-order valence-corrected chi connectivity index (χ3v) is 4.78. The number of halogens is 1. The number of aliphatic imine (C=N–C) groups is 1. The fourth-order valence-corrected chi connectivity index (χ4v) is 3.25. The summed E-state index contributed by atoms with van der Waals surface area (Å²) in [5, 5.41) is 13.5. The molecule has 5 nitrogen and oxygen atoms in total. The van der Waals surface area contributed by atoms with E-state index in [-0.39, 0.29) is 24.0 Å². The summed E-state index contributed by atoms with van der Waals surface area (Å²) in [6, 6.07) is 15.1. The van der Waals surface area contributed by atoms with E-state index in [1.54, 1.807) is 7.05 Å². The summed E-state index contributed by atoms with van der Waals surface area (Å²) in [6.45, 7) is 5.67. The number of benzene rings is 2. The molecule has 0 amide bonds. The molecule has 0 bridgehead atoms. The van der Waals surface area contributed by atoms with E-state index in [1.807, 2.05) is 0 Å². The van der Waals surface area contributed by atoms with Crippen molar-refractivity contribution in [2.75, 3.05) is 13.6 Å². The molecular weight excluding hydrogens is 463 g/mol. The Hall–Kier alpha value is -2.09. The van der Waals surface area contributed by atoms with Gasteiger partial charge in [0.2, 0.25) is 0 Å². The zero-order valence-corrected chi connectivity index (χ0v) is 19.1. The van der Waals surface area contributed by atoms with Crippen molar-refractivity contribution in [3.05, 3.63) is 65.0 Å². The van der Waals surface area contributed by atoms with E-state index in [1.165, 1.54) is 16.3 Å². The Morgan fingerprint density at radius 3 is 2.54 bits per heavy atom. The van der Waals surface area contributed by atoms with E-state index in [2.05, 4.69) is 77.1 Å². The van der Waals surface area contributed by atoms with Gasteiger partial charge in [-0.05, 0) is 29.2 Å². The Morgan fingerprint density at radius 1 is 1.04 bits per heavy atom. The zero-order valence-electron chi connectivity index (χ0n) is 16.8. The van der Waals surface area contributed by atoms with Gasteiger partial charge < -0.3 is 15.2 Å². The van der Waals surface area contributed by atoms with Crippen LogP contribution in [0.25, 0.3) is 10.8 Å². The Bertz CT molecular complexity index is 898. The van der Waals surface area contributed by atoms with Gasteiger partial charge in [0, 0.05) is 32.1 Å². The van der Waals surface area contributed by atoms with Gasteiger partial charge in [-0.3, -0.25) is 4.99 Å². The molecule has 0 saturated heterocycles. The van der Waals surface area contributed by atoms with Crippen molar-refractivity contribution in [2.45, 2.75) is 39.7 Å². The molecule has 0 aliphatic carbocycles. The number of fused-ring (bicyclic) bond motifs is 1. The first-order valence-electron chi connectivity index (χ1n) is 9.63. The minimum absolute atomic E-state index is 0. The predicted molar refractivity (Wildman–Crippen MR) is 127 cm³/mol. The predicted octanol–water partition coefficient (Wildman–Crippen LogP) is 4.48. The maximum absolute atomic E-state index is 5.43. The number of nitrogens with zero attached hydrogens (tertiary/aromatic N) is 2. The van der Waals surface area contributed by atoms with Crippen molar-refractivity contribution < 1.29 is 4.52 Å². The standard InChI is InChI=1S/C22H28N4O.HI/c1-4-20-19(21(5-2)27-26-20)15-25-22(23-3)24-13-12-16-10-11-17-8-6-7-9-18(17)14-16;/h6-11,14H,4-5,12-13,15H2,1-3H3,(H2,23,24,25);1H. The van der Waals surface area contributed by atoms with E-state index in [0.29, 0.717) is 6.54 Å². The summed E-state index contributed by atoms with van der Waals surface area (Å²) in [5.41, 5.74) is 3.49. The van der Waals surface area contributed by atoms with Gasteiger partial charge in [-0.25, -0.2) is 0 Å². The molecular formula is C22H29IN4O. The first-order valence-corrected chi connectivity index (χ1v) is 9.63. The van der Waals surface area contributed by atoms with Crippen molar-refractivity contribution in [3.8, 4) is 0 Å². The number of hydrogen-bond acceptors (Lipinski definition) is 3. The molecule has 150 valence electrons. The van der Waals surface area contributed by atoms with Gasteiger partial charge in [-0.2, -0.15) is 0 Å². The second-order valence-corrected chi connectivity index (χ2v) is 6.52. The van der Waals surface area contributed by atoms with Gasteiger partial charge >= 0.3 is 0 Å². The number of rotatable bonds is 7. The highest BCUT2D eigenvalue weighted by Crippen LogP contribution is 2.16. The molecule has 0 saturated carbocycles. The van der Waals surface area contributed by atoms with Crippen LogP contribution in [0.5, 0.6) is 0 Å². The average molecular weight is 492 g/mol. The summed E-state index contributed by atoms with van der Waals surface area (Å²) >= 11 is 0. The van der Waals surface area contributed by atoms with Crippen LogP contribution in [0.3, 0.4) is 0 Å². The largest absolute Gasteiger partial charge is 0.361 e. The minimum atomic E-state index is 0. The third kappa shape index (κ3) is 5.47. The van der Waals surface area contributed by atoms with Crippen LogP contribution in [-0.4, -0.2) is 24.7 Å². The number of nitrogens with one attached hydrogen (secondary N) is 2. The van der Waals surface area contributed by atoms with Gasteiger partial charge in [0.25, 0.3) is 0 Å². The van der Waals surface area contributed by atoms with E-state index in [4.69, 9.17) is 4.52 Å². The number of aromatic nitrogens is 1. The van der Waals surface area contributed by atoms with Crippen LogP contribution >= 0.6 is 24.0 Å². The molecule has 1 heterocycles. The maximum atomic E-state index is 5.43. The molecule has 2 aromatic carbocycles. The van der Waals surface area contributed by atoms with Gasteiger partial charge in [-0.1, -0.05) is 61.5 Å². The van der Waals surface area contributed by atoms with Crippen LogP contribution in [-0.2, 0) is 25.8 Å². The Balaban J connectivity index is 0.00000280. The molecule has 2 N–H and O–H groups in total. The molecule has 3 rings (SSSR count). The summed E-state index contributed by atoms with van der Waals surface area (Å²) in [5.74, 6) is 1.74. The summed E-state index contributed by atoms with van der Waals surface area (Å²) in [7, 11) is 1.79. The maximum Gasteiger partial charge on any atom is 0.191 e. The van der Waals surface area contributed by atoms with Crippen LogP contribution in [0.2, 0.25) is 0 Å². The van der Waals surface area contributed by atoms with E-state index >= 15 is 0 Å². The summed E-state index contributed by atoms with van der Waals surface area (Å²) in [6.07, 6.45) is 2.66. The van der Waals surface area contributed by atoms with Crippen molar-refractivity contribution >= 4 is 40.7 Å². The minimum Gasteiger partial charge on any atom is -0.361 e. The molecule has 0 unspecified atom stereocenters. The highest BCUT2D eigenvalue weighted by Gasteiger charge is 2.13. The van der Waals surface area contributed by atoms with Crippen LogP contribution in [0, 0.1) is 0 Å². The van der Waals surface area contributed by atoms with Crippen molar-refractivity contribution in [2.24, 2.45) is 4.99 Å². The van der Waals surface area contributed by atoms with Gasteiger partial charge in [0.1, 0.15) is 5.76 Å². The number of guanidine groups is 1. The van der Waals surface area contributed by atoms with Crippen LogP contribution in [0.1, 0.15) is 36.4 Å². The molecule has 1 aromatic heterocycles. The third-order valence-electron chi connectivity index (χ3n) is 4.78. The average Bonchev–Trinajstić information content (AvgIpc) is 3.12. The molecule has 0 spiro atoms. The first kappa shape index (κ1) is 22.2. The second-order valence-electron chi connectivity index (χ2n) is 6.52. The number of hydrogen-bond donors (Lipinski definition) is 2. The molecule has 6 heteroatoms. The van der Waals surface area contributed by atoms with Crippen LogP contribution in [0.15, 0.2) is 52.0 Å². The first-order chi connectivity index (χ1) is 13.2. The van der Waals surface area contributed by atoms with Crippen LogP contribution < -0.4 is 10.6 Å². The van der Waals surface area contributed by atoms with Crippen molar-refractivity contribution in [1.82, 2.24) is 15.8 Å². The smallest absolute Gasteiger partial charge is 0.191 e. The van der Waals surface area contributed by atoms with E-state index < -0.39 is 0 Å². The van der Waals surface area contributed by atoms with Crippen molar-refractivity contribution in [3.63, 3.8) is 0 Å². The lowest BCUT2D eigenvalue weighted by Gasteiger charge is -2.12. The number of aryl methyl sites for hydroxylation is 2. The van der Waals surface area contributed by atoms with Gasteiger partial charge in [-0.15, -0.1) is 24.0 Å². The molecule has 0 aliphatic heterocycles. The quantitative estimate of drug-likeness (QED) is 0.290. The highest BCUT2D eigenvalue weighted by atomic mass is 127. The molecule has 0 aliphatic rings.